The van der Waals surface area contributed by atoms with E-state index in [-0.39, 0.29) is 5.41 Å². The number of benzene rings is 1. The highest BCUT2D eigenvalue weighted by molar-refractivity contribution is 5.77. The topological polar surface area (TPSA) is 55.6 Å². The predicted molar refractivity (Wildman–Crippen MR) is 120 cm³/mol. The van der Waals surface area contributed by atoms with Crippen LogP contribution in [-0.2, 0) is 4.79 Å². The first kappa shape index (κ1) is 20.2. The summed E-state index contributed by atoms with van der Waals surface area (Å²) in [6.45, 7) is 7.49. The van der Waals surface area contributed by atoms with Crippen LogP contribution in [0.2, 0.25) is 0 Å². The minimum Gasteiger partial charge on any atom is -0.490 e. The molecule has 0 spiro atoms. The van der Waals surface area contributed by atoms with Gasteiger partial charge in [0, 0.05) is 25.2 Å². The zero-order valence-corrected chi connectivity index (χ0v) is 19.1. The monoisotopic (exact) mass is 410 g/mol. The first-order valence-corrected chi connectivity index (χ1v) is 12.0. The van der Waals surface area contributed by atoms with Crippen molar-refractivity contribution in [3.63, 3.8) is 0 Å². The third-order valence-corrected chi connectivity index (χ3v) is 9.84. The Kier molecular flexibility index (Phi) is 4.65. The lowest BCUT2D eigenvalue weighted by Gasteiger charge is -2.63. The Bertz CT molecular complexity index is 823. The van der Waals surface area contributed by atoms with Gasteiger partial charge >= 0.3 is 0 Å². The van der Waals surface area contributed by atoms with Crippen LogP contribution in [0.3, 0.4) is 0 Å². The van der Waals surface area contributed by atoms with Crippen molar-refractivity contribution in [1.82, 2.24) is 4.90 Å². The van der Waals surface area contributed by atoms with E-state index in [1.54, 1.807) is 0 Å². The maximum atomic E-state index is 12.4. The van der Waals surface area contributed by atoms with E-state index >= 15 is 0 Å². The molecule has 1 aromatic carbocycles. The molecule has 1 amide bonds. The van der Waals surface area contributed by atoms with Crippen LogP contribution in [0.1, 0.15) is 65.7 Å². The molecule has 4 fully saturated rings. The second-order valence-corrected chi connectivity index (χ2v) is 11.5. The molecule has 0 aromatic heterocycles. The van der Waals surface area contributed by atoms with E-state index in [1.165, 1.54) is 19.3 Å². The molecular weight excluding hydrogens is 372 g/mol. The molecule has 1 aliphatic heterocycles. The third-order valence-electron chi connectivity index (χ3n) is 9.84. The summed E-state index contributed by atoms with van der Waals surface area (Å²) >= 11 is 0. The highest BCUT2D eigenvalue weighted by Crippen LogP contribution is 2.66. The zero-order valence-electron chi connectivity index (χ0n) is 19.1. The minimum atomic E-state index is 0.275. The van der Waals surface area contributed by atoms with Gasteiger partial charge in [0.05, 0.1) is 6.10 Å². The largest absolute Gasteiger partial charge is 0.490 e. The van der Waals surface area contributed by atoms with Gasteiger partial charge in [0.1, 0.15) is 5.75 Å². The van der Waals surface area contributed by atoms with Gasteiger partial charge in [-0.25, -0.2) is 0 Å². The molecule has 2 N–H and O–H groups in total. The van der Waals surface area contributed by atoms with Crippen molar-refractivity contribution in [1.29, 1.82) is 0 Å². The van der Waals surface area contributed by atoms with Gasteiger partial charge in [0.25, 0.3) is 0 Å². The number of nitrogen functional groups attached to an aromatic ring is 1. The smallest absolute Gasteiger partial charge is 0.222 e. The number of fused-ring (bicyclic) bond motifs is 5. The summed E-state index contributed by atoms with van der Waals surface area (Å²) in [5.74, 6) is 4.18. The molecule has 0 radical (unpaired) electrons. The fraction of sp³-hybridized carbons (Fsp3) is 0.731. The van der Waals surface area contributed by atoms with E-state index < -0.39 is 0 Å². The van der Waals surface area contributed by atoms with Gasteiger partial charge in [0.2, 0.25) is 5.91 Å². The second-order valence-electron chi connectivity index (χ2n) is 11.5. The summed E-state index contributed by atoms with van der Waals surface area (Å²) in [4.78, 5) is 14.5. The number of nitrogens with zero attached hydrogens (tertiary/aromatic N) is 1. The number of carbonyl (C=O) groups is 1. The Balaban J connectivity index is 1.39. The van der Waals surface area contributed by atoms with Crippen molar-refractivity contribution in [2.75, 3.05) is 12.8 Å². The number of amides is 1. The van der Waals surface area contributed by atoms with Crippen molar-refractivity contribution in [2.24, 2.45) is 34.5 Å². The van der Waals surface area contributed by atoms with Gasteiger partial charge < -0.3 is 15.4 Å². The average molecular weight is 411 g/mol. The molecule has 30 heavy (non-hydrogen) atoms. The van der Waals surface area contributed by atoms with Gasteiger partial charge in [0.15, 0.2) is 0 Å². The number of ether oxygens (including phenoxy) is 1. The van der Waals surface area contributed by atoms with Gasteiger partial charge in [-0.05, 0) is 97.3 Å². The fourth-order valence-corrected chi connectivity index (χ4v) is 8.29. The zero-order chi connectivity index (χ0) is 21.3. The minimum absolute atomic E-state index is 0.275. The maximum Gasteiger partial charge on any atom is 0.222 e. The van der Waals surface area contributed by atoms with E-state index in [0.717, 1.165) is 54.9 Å². The lowest BCUT2D eigenvalue weighted by molar-refractivity contribution is -0.164. The van der Waals surface area contributed by atoms with Crippen LogP contribution in [-0.4, -0.2) is 30.0 Å². The molecule has 1 unspecified atom stereocenters. The molecule has 164 valence electrons. The summed E-state index contributed by atoms with van der Waals surface area (Å²) in [5, 5.41) is 0. The van der Waals surface area contributed by atoms with Crippen molar-refractivity contribution >= 4 is 11.6 Å². The Morgan fingerprint density at radius 3 is 2.57 bits per heavy atom. The quantitative estimate of drug-likeness (QED) is 0.688. The van der Waals surface area contributed by atoms with Crippen LogP contribution in [0.15, 0.2) is 24.3 Å². The number of rotatable bonds is 2. The van der Waals surface area contributed by atoms with E-state index in [9.17, 15) is 4.79 Å². The Hall–Kier alpha value is -1.71. The number of hydrogen-bond acceptors (Lipinski definition) is 3. The van der Waals surface area contributed by atoms with Crippen molar-refractivity contribution in [3.8, 4) is 5.75 Å². The highest BCUT2D eigenvalue weighted by atomic mass is 16.5. The maximum absolute atomic E-state index is 12.4. The molecule has 8 atom stereocenters. The van der Waals surface area contributed by atoms with Crippen molar-refractivity contribution < 1.29 is 9.53 Å². The lowest BCUT2D eigenvalue weighted by atomic mass is 9.45. The van der Waals surface area contributed by atoms with E-state index in [4.69, 9.17) is 10.5 Å². The Morgan fingerprint density at radius 2 is 1.83 bits per heavy atom. The van der Waals surface area contributed by atoms with E-state index in [2.05, 4.69) is 32.7 Å². The third kappa shape index (κ3) is 2.97. The van der Waals surface area contributed by atoms with Gasteiger partial charge in [-0.3, -0.25) is 4.79 Å². The molecule has 4 nitrogen and oxygen atoms in total. The summed E-state index contributed by atoms with van der Waals surface area (Å²) in [5.41, 5.74) is 7.29. The molecule has 3 aliphatic carbocycles. The van der Waals surface area contributed by atoms with Crippen molar-refractivity contribution in [3.05, 3.63) is 24.3 Å². The molecule has 3 saturated carbocycles. The molecule has 5 rings (SSSR count). The number of carbonyl (C=O) groups excluding carboxylic acids is 1. The normalized spacial score (nSPS) is 45.5. The van der Waals surface area contributed by atoms with Crippen LogP contribution in [0.4, 0.5) is 5.69 Å². The average Bonchev–Trinajstić information content (AvgIpc) is 3.04. The summed E-state index contributed by atoms with van der Waals surface area (Å²) in [7, 11) is 2.05. The van der Waals surface area contributed by atoms with Crippen LogP contribution >= 0.6 is 0 Å². The second kappa shape index (κ2) is 6.90. The number of likely N-dealkylation sites (tertiary alicyclic amines) is 1. The standard InChI is InChI=1S/C26H38N2O2/c1-16-13-22-26(3,12-10-23(29)28(22)4)20-9-11-25(2)15-19(14-21(25)24(16)20)30-18-7-5-17(27)6-8-18/h5-8,16,19-22,24H,9-15,27H2,1-4H3/t16-,19-,20-,21-,22+,24?,25+,26+/m0/s1. The summed E-state index contributed by atoms with van der Waals surface area (Å²) in [6, 6.07) is 8.29. The van der Waals surface area contributed by atoms with E-state index in [1.807, 2.05) is 24.3 Å². The molecule has 1 aromatic rings. The fourth-order valence-electron chi connectivity index (χ4n) is 8.29. The first-order chi connectivity index (χ1) is 14.2. The van der Waals surface area contributed by atoms with E-state index in [0.29, 0.717) is 29.4 Å². The summed E-state index contributed by atoms with van der Waals surface area (Å²) in [6.07, 6.45) is 8.21. The van der Waals surface area contributed by atoms with Crippen LogP contribution in [0.5, 0.6) is 5.75 Å². The molecule has 1 heterocycles. The molecule has 4 aliphatic rings. The SMILES string of the molecule is C[C@H]1C[C@H]2N(C)C(=O)CC[C@]2(C)[C@H]2CC[C@]3(C)C[C@@H](Oc4ccc(N)cc4)C[C@H]3C12. The highest BCUT2D eigenvalue weighted by Gasteiger charge is 2.62. The lowest BCUT2D eigenvalue weighted by Crippen LogP contribution is -2.62. The first-order valence-electron chi connectivity index (χ1n) is 12.0. The van der Waals surface area contributed by atoms with Gasteiger partial charge in [-0.1, -0.05) is 20.8 Å². The predicted octanol–water partition coefficient (Wildman–Crippen LogP) is 5.13. The van der Waals surface area contributed by atoms with Crippen molar-refractivity contribution in [2.45, 2.75) is 77.9 Å². The summed E-state index contributed by atoms with van der Waals surface area (Å²) < 4.78 is 6.46. The van der Waals surface area contributed by atoms with Crippen LogP contribution in [0, 0.1) is 34.5 Å². The molecular formula is C26H38N2O2. The Labute approximate surface area is 181 Å². The number of anilines is 1. The Morgan fingerprint density at radius 1 is 1.10 bits per heavy atom. The molecule has 0 bridgehead atoms. The van der Waals surface area contributed by atoms with Gasteiger partial charge in [-0.15, -0.1) is 0 Å². The molecule has 4 heteroatoms. The van der Waals surface area contributed by atoms with Crippen LogP contribution in [0.25, 0.3) is 0 Å². The number of piperidine rings is 1. The number of nitrogens with two attached hydrogens (primary N) is 1. The molecule has 1 saturated heterocycles. The van der Waals surface area contributed by atoms with Gasteiger partial charge in [-0.2, -0.15) is 0 Å². The number of hydrogen-bond donors (Lipinski definition) is 1. The van der Waals surface area contributed by atoms with Crippen LogP contribution < -0.4 is 10.5 Å².